The largest absolute Gasteiger partial charge is 0.391 e. The van der Waals surface area contributed by atoms with Crippen LogP contribution in [0, 0.1) is 17.6 Å². The number of amides is 2. The molecule has 1 saturated heterocycles. The minimum absolute atomic E-state index is 0.167. The van der Waals surface area contributed by atoms with Gasteiger partial charge in [-0.05, 0) is 24.8 Å². The maximum atomic E-state index is 14.0. The molecule has 1 aromatic rings. The molecule has 1 fully saturated rings. The Bertz CT molecular complexity index is 553. The molecule has 3 unspecified atom stereocenters. The highest BCUT2D eigenvalue weighted by Gasteiger charge is 2.28. The van der Waals surface area contributed by atoms with Gasteiger partial charge in [0.1, 0.15) is 11.6 Å². The first-order valence-corrected chi connectivity index (χ1v) is 8.10. The monoisotopic (exact) mass is 326 g/mol. The number of likely N-dealkylation sites (tertiary alicyclic amines) is 1. The van der Waals surface area contributed by atoms with E-state index in [1.165, 1.54) is 12.1 Å². The third-order valence-electron chi connectivity index (χ3n) is 4.42. The molecule has 23 heavy (non-hydrogen) atoms. The van der Waals surface area contributed by atoms with Crippen LogP contribution in [0.1, 0.15) is 44.7 Å². The quantitative estimate of drug-likeness (QED) is 0.892. The molecule has 1 heterocycles. The van der Waals surface area contributed by atoms with Crippen molar-refractivity contribution in [2.24, 2.45) is 5.92 Å². The number of aliphatic hydroxyl groups is 1. The highest BCUT2D eigenvalue weighted by atomic mass is 19.1. The molecule has 0 spiro atoms. The minimum Gasteiger partial charge on any atom is -0.391 e. The Balaban J connectivity index is 2.08. The van der Waals surface area contributed by atoms with Crippen LogP contribution in [0.15, 0.2) is 18.2 Å². The predicted octanol–water partition coefficient (Wildman–Crippen LogP) is 3.22. The SMILES string of the molecule is CCCC(NC(=O)N1CCC(C)C(O)C1)c1ccc(F)cc1F. The zero-order valence-corrected chi connectivity index (χ0v) is 13.6. The van der Waals surface area contributed by atoms with E-state index in [1.807, 2.05) is 13.8 Å². The standard InChI is InChI=1S/C17H24F2N2O2/c1-3-4-15(13-6-5-12(18)9-14(13)19)20-17(23)21-8-7-11(2)16(22)10-21/h5-6,9,11,15-16,22H,3-4,7-8,10H2,1-2H3,(H,20,23). The highest BCUT2D eigenvalue weighted by molar-refractivity contribution is 5.75. The number of benzene rings is 1. The average Bonchev–Trinajstić information content (AvgIpc) is 2.49. The summed E-state index contributed by atoms with van der Waals surface area (Å²) in [6, 6.07) is 2.57. The smallest absolute Gasteiger partial charge is 0.317 e. The fourth-order valence-corrected chi connectivity index (χ4v) is 2.85. The van der Waals surface area contributed by atoms with Gasteiger partial charge in [0.2, 0.25) is 0 Å². The highest BCUT2D eigenvalue weighted by Crippen LogP contribution is 2.24. The predicted molar refractivity (Wildman–Crippen MR) is 83.9 cm³/mol. The Morgan fingerprint density at radius 2 is 2.22 bits per heavy atom. The second kappa shape index (κ2) is 7.73. The Hall–Kier alpha value is -1.69. The van der Waals surface area contributed by atoms with Crippen molar-refractivity contribution in [2.45, 2.75) is 45.3 Å². The lowest BCUT2D eigenvalue weighted by Crippen LogP contribution is -2.50. The number of carbonyl (C=O) groups is 1. The third-order valence-corrected chi connectivity index (χ3v) is 4.42. The maximum absolute atomic E-state index is 14.0. The number of carbonyl (C=O) groups excluding carboxylic acids is 1. The summed E-state index contributed by atoms with van der Waals surface area (Å²) in [4.78, 5) is 13.9. The molecule has 0 radical (unpaired) electrons. The Kier molecular flexibility index (Phi) is 5.93. The third kappa shape index (κ3) is 4.41. The summed E-state index contributed by atoms with van der Waals surface area (Å²) in [5.41, 5.74) is 0.285. The molecule has 1 aromatic carbocycles. The van der Waals surface area contributed by atoms with Crippen molar-refractivity contribution < 1.29 is 18.7 Å². The fraction of sp³-hybridized carbons (Fsp3) is 0.588. The van der Waals surface area contributed by atoms with Crippen LogP contribution in [0.5, 0.6) is 0 Å². The van der Waals surface area contributed by atoms with Crippen LogP contribution in [-0.2, 0) is 0 Å². The second-order valence-electron chi connectivity index (χ2n) is 6.24. The molecule has 128 valence electrons. The summed E-state index contributed by atoms with van der Waals surface area (Å²) in [5, 5.41) is 12.7. The van der Waals surface area contributed by atoms with E-state index >= 15 is 0 Å². The average molecular weight is 326 g/mol. The molecule has 1 aliphatic heterocycles. The van der Waals surface area contributed by atoms with Crippen LogP contribution in [-0.4, -0.2) is 35.2 Å². The van der Waals surface area contributed by atoms with Gasteiger partial charge >= 0.3 is 6.03 Å². The zero-order chi connectivity index (χ0) is 17.0. The summed E-state index contributed by atoms with van der Waals surface area (Å²) in [7, 11) is 0. The van der Waals surface area contributed by atoms with Gasteiger partial charge < -0.3 is 15.3 Å². The molecule has 4 nitrogen and oxygen atoms in total. The molecule has 0 saturated carbocycles. The Labute approximate surface area is 135 Å². The van der Waals surface area contributed by atoms with E-state index in [0.717, 1.165) is 18.9 Å². The number of urea groups is 1. The van der Waals surface area contributed by atoms with Crippen LogP contribution in [0.25, 0.3) is 0 Å². The first kappa shape index (κ1) is 17.7. The van der Waals surface area contributed by atoms with Crippen molar-refractivity contribution >= 4 is 6.03 Å². The number of piperidine rings is 1. The van der Waals surface area contributed by atoms with Gasteiger partial charge in [-0.3, -0.25) is 0 Å². The van der Waals surface area contributed by atoms with Gasteiger partial charge in [-0.15, -0.1) is 0 Å². The van der Waals surface area contributed by atoms with Crippen molar-refractivity contribution in [3.63, 3.8) is 0 Å². The van der Waals surface area contributed by atoms with E-state index in [9.17, 15) is 18.7 Å². The lowest BCUT2D eigenvalue weighted by atomic mass is 9.96. The van der Waals surface area contributed by atoms with E-state index in [0.29, 0.717) is 13.0 Å². The van der Waals surface area contributed by atoms with Crippen molar-refractivity contribution in [3.05, 3.63) is 35.4 Å². The topological polar surface area (TPSA) is 52.6 Å². The number of β-amino-alcohol motifs (C(OH)–C–C–N with tert-alkyl or cyclic N) is 1. The van der Waals surface area contributed by atoms with E-state index in [4.69, 9.17) is 0 Å². The van der Waals surface area contributed by atoms with Crippen LogP contribution in [0.2, 0.25) is 0 Å². The van der Waals surface area contributed by atoms with Crippen molar-refractivity contribution in [1.82, 2.24) is 10.2 Å². The fourth-order valence-electron chi connectivity index (χ4n) is 2.85. The molecule has 0 bridgehead atoms. The zero-order valence-electron chi connectivity index (χ0n) is 13.6. The normalized spacial score (nSPS) is 22.7. The van der Waals surface area contributed by atoms with Crippen LogP contribution in [0.3, 0.4) is 0 Å². The molecule has 0 aliphatic carbocycles. The van der Waals surface area contributed by atoms with Gasteiger partial charge in [-0.1, -0.05) is 26.3 Å². The van der Waals surface area contributed by atoms with Crippen molar-refractivity contribution in [2.75, 3.05) is 13.1 Å². The first-order valence-electron chi connectivity index (χ1n) is 8.10. The van der Waals surface area contributed by atoms with Crippen LogP contribution >= 0.6 is 0 Å². The lowest BCUT2D eigenvalue weighted by Gasteiger charge is -2.35. The van der Waals surface area contributed by atoms with Gasteiger partial charge in [0, 0.05) is 24.7 Å². The second-order valence-corrected chi connectivity index (χ2v) is 6.24. The first-order chi connectivity index (χ1) is 10.9. The van der Waals surface area contributed by atoms with E-state index in [-0.39, 0.29) is 24.1 Å². The lowest BCUT2D eigenvalue weighted by molar-refractivity contribution is 0.0429. The summed E-state index contributed by atoms with van der Waals surface area (Å²) >= 11 is 0. The molecule has 0 aromatic heterocycles. The van der Waals surface area contributed by atoms with E-state index in [2.05, 4.69) is 5.32 Å². The number of hydrogen-bond acceptors (Lipinski definition) is 2. The van der Waals surface area contributed by atoms with Crippen LogP contribution < -0.4 is 5.32 Å². The summed E-state index contributed by atoms with van der Waals surface area (Å²) in [6.45, 7) is 4.73. The molecule has 3 atom stereocenters. The molecule has 2 rings (SSSR count). The van der Waals surface area contributed by atoms with Crippen molar-refractivity contribution in [1.29, 1.82) is 0 Å². The van der Waals surface area contributed by atoms with Crippen LogP contribution in [0.4, 0.5) is 13.6 Å². The number of halogens is 2. The van der Waals surface area contributed by atoms with Gasteiger partial charge in [-0.2, -0.15) is 0 Å². The molecular weight excluding hydrogens is 302 g/mol. The van der Waals surface area contributed by atoms with E-state index in [1.54, 1.807) is 4.90 Å². The maximum Gasteiger partial charge on any atom is 0.317 e. The summed E-state index contributed by atoms with van der Waals surface area (Å²) in [6.07, 6.45) is 1.50. The van der Waals surface area contributed by atoms with Gasteiger partial charge in [0.15, 0.2) is 0 Å². The minimum atomic E-state index is -0.656. The Morgan fingerprint density at radius 3 is 2.83 bits per heavy atom. The summed E-state index contributed by atoms with van der Waals surface area (Å²) in [5.74, 6) is -1.13. The van der Waals surface area contributed by atoms with E-state index < -0.39 is 23.8 Å². The number of hydrogen-bond donors (Lipinski definition) is 2. The molecule has 1 aliphatic rings. The molecule has 2 amide bonds. The number of rotatable bonds is 4. The summed E-state index contributed by atoms with van der Waals surface area (Å²) < 4.78 is 27.1. The molecule has 6 heteroatoms. The van der Waals surface area contributed by atoms with Gasteiger partial charge in [-0.25, -0.2) is 13.6 Å². The van der Waals surface area contributed by atoms with Crippen molar-refractivity contribution in [3.8, 4) is 0 Å². The molecular formula is C17H24F2N2O2. The van der Waals surface area contributed by atoms with Gasteiger partial charge in [0.25, 0.3) is 0 Å². The Morgan fingerprint density at radius 1 is 1.48 bits per heavy atom. The number of nitrogens with zero attached hydrogens (tertiary/aromatic N) is 1. The number of aliphatic hydroxyl groups excluding tert-OH is 1. The number of nitrogens with one attached hydrogen (secondary N) is 1. The molecule has 2 N–H and O–H groups in total. The van der Waals surface area contributed by atoms with Gasteiger partial charge in [0.05, 0.1) is 12.1 Å².